The van der Waals surface area contributed by atoms with Crippen LogP contribution in [0, 0.1) is 0 Å². The van der Waals surface area contributed by atoms with Crippen molar-refractivity contribution in [3.05, 3.63) is 34.7 Å². The molecule has 4 heteroatoms. The van der Waals surface area contributed by atoms with Crippen LogP contribution in [-0.4, -0.2) is 15.9 Å². The fourth-order valence-electron chi connectivity index (χ4n) is 2.08. The van der Waals surface area contributed by atoms with Crippen LogP contribution in [-0.2, 0) is 6.42 Å². The molecule has 0 unspecified atom stereocenters. The molecule has 2 aromatic heterocycles. The molecular weight excluding hydrogens is 222 g/mol. The van der Waals surface area contributed by atoms with E-state index in [0.29, 0.717) is 12.5 Å². The van der Waals surface area contributed by atoms with Gasteiger partial charge in [0, 0.05) is 12.1 Å². The van der Waals surface area contributed by atoms with Gasteiger partial charge < -0.3 is 5.73 Å². The van der Waals surface area contributed by atoms with Crippen LogP contribution < -0.4 is 5.73 Å². The fraction of sp³-hybridized carbons (Fsp3) is 0.417. The number of hydrogen-bond donors (Lipinski definition) is 1. The number of halogens is 1. The van der Waals surface area contributed by atoms with E-state index in [1.165, 1.54) is 18.4 Å². The van der Waals surface area contributed by atoms with Crippen LogP contribution >= 0.6 is 11.6 Å². The Hall–Kier alpha value is -1.06. The third kappa shape index (κ3) is 1.51. The first kappa shape index (κ1) is 10.1. The van der Waals surface area contributed by atoms with Crippen molar-refractivity contribution in [3.8, 4) is 0 Å². The Bertz CT molecular complexity index is 528. The van der Waals surface area contributed by atoms with E-state index in [0.717, 1.165) is 22.9 Å². The molecule has 16 heavy (non-hydrogen) atoms. The summed E-state index contributed by atoms with van der Waals surface area (Å²) in [6.07, 6.45) is 5.25. The maximum absolute atomic E-state index is 6.33. The smallest absolute Gasteiger partial charge is 0.141 e. The summed E-state index contributed by atoms with van der Waals surface area (Å²) in [5.74, 6) is 0.582. The second kappa shape index (κ2) is 3.75. The molecule has 0 radical (unpaired) electrons. The molecular formula is C12H14ClN3. The van der Waals surface area contributed by atoms with Crippen molar-refractivity contribution in [2.75, 3.05) is 6.54 Å². The van der Waals surface area contributed by atoms with Gasteiger partial charge in [0.1, 0.15) is 10.8 Å². The van der Waals surface area contributed by atoms with Crippen molar-refractivity contribution in [1.82, 2.24) is 9.38 Å². The van der Waals surface area contributed by atoms with E-state index in [9.17, 15) is 0 Å². The third-order valence-corrected chi connectivity index (χ3v) is 3.45. The zero-order valence-electron chi connectivity index (χ0n) is 8.99. The number of fused-ring (bicyclic) bond motifs is 1. The summed E-state index contributed by atoms with van der Waals surface area (Å²) in [4.78, 5) is 4.67. The summed E-state index contributed by atoms with van der Waals surface area (Å²) < 4.78 is 1.97. The van der Waals surface area contributed by atoms with E-state index < -0.39 is 0 Å². The minimum atomic E-state index is 0.582. The minimum absolute atomic E-state index is 0.582. The Morgan fingerprint density at radius 2 is 2.31 bits per heavy atom. The Morgan fingerprint density at radius 3 is 3.00 bits per heavy atom. The zero-order valence-corrected chi connectivity index (χ0v) is 9.74. The van der Waals surface area contributed by atoms with Crippen LogP contribution in [0.5, 0.6) is 0 Å². The van der Waals surface area contributed by atoms with E-state index in [2.05, 4.69) is 11.1 Å². The predicted octanol–water partition coefficient (Wildman–Crippen LogP) is 2.37. The van der Waals surface area contributed by atoms with Crippen molar-refractivity contribution < 1.29 is 0 Å². The van der Waals surface area contributed by atoms with Gasteiger partial charge in [0.05, 0.1) is 5.69 Å². The van der Waals surface area contributed by atoms with Crippen molar-refractivity contribution >= 4 is 17.2 Å². The molecule has 0 amide bonds. The monoisotopic (exact) mass is 235 g/mol. The maximum Gasteiger partial charge on any atom is 0.141 e. The summed E-state index contributed by atoms with van der Waals surface area (Å²) in [6.45, 7) is 0.642. The van der Waals surface area contributed by atoms with Crippen LogP contribution in [0.2, 0.25) is 5.15 Å². The quantitative estimate of drug-likeness (QED) is 0.888. The first-order valence-electron chi connectivity index (χ1n) is 5.66. The average Bonchev–Trinajstić information content (AvgIpc) is 3.06. The molecule has 0 saturated heterocycles. The predicted molar refractivity (Wildman–Crippen MR) is 64.9 cm³/mol. The van der Waals surface area contributed by atoms with E-state index >= 15 is 0 Å². The molecule has 0 atom stereocenters. The average molecular weight is 236 g/mol. The van der Waals surface area contributed by atoms with Crippen molar-refractivity contribution in [2.45, 2.75) is 25.2 Å². The van der Waals surface area contributed by atoms with Gasteiger partial charge >= 0.3 is 0 Å². The second-order valence-electron chi connectivity index (χ2n) is 4.33. The van der Waals surface area contributed by atoms with Gasteiger partial charge in [0.2, 0.25) is 0 Å². The molecule has 2 aromatic rings. The number of pyridine rings is 1. The van der Waals surface area contributed by atoms with E-state index in [1.807, 2.05) is 16.7 Å². The topological polar surface area (TPSA) is 43.3 Å². The van der Waals surface area contributed by atoms with Crippen molar-refractivity contribution in [1.29, 1.82) is 0 Å². The van der Waals surface area contributed by atoms with E-state index in [4.69, 9.17) is 17.3 Å². The second-order valence-corrected chi connectivity index (χ2v) is 4.69. The third-order valence-electron chi connectivity index (χ3n) is 3.07. The first-order valence-corrected chi connectivity index (χ1v) is 6.04. The molecule has 2 N–H and O–H groups in total. The van der Waals surface area contributed by atoms with Crippen molar-refractivity contribution in [3.63, 3.8) is 0 Å². The lowest BCUT2D eigenvalue weighted by Crippen LogP contribution is -2.04. The van der Waals surface area contributed by atoms with Gasteiger partial charge in [0.15, 0.2) is 0 Å². The largest absolute Gasteiger partial charge is 0.330 e. The summed E-state index contributed by atoms with van der Waals surface area (Å²) >= 11 is 6.33. The van der Waals surface area contributed by atoms with Crippen LogP contribution in [0.3, 0.4) is 0 Å². The number of nitrogens with zero attached hydrogens (tertiary/aromatic N) is 2. The summed E-state index contributed by atoms with van der Waals surface area (Å²) in [5.41, 5.74) is 8.81. The lowest BCUT2D eigenvalue weighted by atomic mass is 10.2. The van der Waals surface area contributed by atoms with Gasteiger partial charge in [0.25, 0.3) is 0 Å². The highest BCUT2D eigenvalue weighted by Gasteiger charge is 2.29. The Balaban J connectivity index is 2.19. The van der Waals surface area contributed by atoms with Gasteiger partial charge in [-0.1, -0.05) is 17.7 Å². The van der Waals surface area contributed by atoms with Crippen LogP contribution in [0.15, 0.2) is 18.3 Å². The highest BCUT2D eigenvalue weighted by Crippen LogP contribution is 2.43. The lowest BCUT2D eigenvalue weighted by molar-refractivity contribution is 0.959. The van der Waals surface area contributed by atoms with Gasteiger partial charge in [-0.25, -0.2) is 4.98 Å². The van der Waals surface area contributed by atoms with Gasteiger partial charge in [-0.15, -0.1) is 0 Å². The molecule has 0 aliphatic heterocycles. The Morgan fingerprint density at radius 1 is 1.50 bits per heavy atom. The van der Waals surface area contributed by atoms with E-state index in [-0.39, 0.29) is 0 Å². The lowest BCUT2D eigenvalue weighted by Gasteiger charge is -2.01. The number of rotatable bonds is 3. The Labute approximate surface area is 99.2 Å². The molecule has 3 rings (SSSR count). The zero-order chi connectivity index (χ0) is 11.1. The molecule has 1 fully saturated rings. The van der Waals surface area contributed by atoms with Crippen LogP contribution in [0.1, 0.15) is 30.0 Å². The standard InChI is InChI=1S/C12H14ClN3/c13-11-10(8-3-4-8)15-12-9(5-6-14)2-1-7-16(11)12/h1-2,7-8H,3-6,14H2. The molecule has 0 bridgehead atoms. The van der Waals surface area contributed by atoms with Gasteiger partial charge in [-0.2, -0.15) is 0 Å². The summed E-state index contributed by atoms with van der Waals surface area (Å²) in [6, 6.07) is 4.07. The summed E-state index contributed by atoms with van der Waals surface area (Å²) in [5, 5.41) is 0.774. The van der Waals surface area contributed by atoms with Crippen LogP contribution in [0.4, 0.5) is 0 Å². The molecule has 1 saturated carbocycles. The summed E-state index contributed by atoms with van der Waals surface area (Å²) in [7, 11) is 0. The molecule has 0 spiro atoms. The molecule has 0 aromatic carbocycles. The van der Waals surface area contributed by atoms with Gasteiger partial charge in [-0.05, 0) is 37.4 Å². The molecule has 84 valence electrons. The van der Waals surface area contributed by atoms with Gasteiger partial charge in [-0.3, -0.25) is 4.40 Å². The molecule has 3 nitrogen and oxygen atoms in total. The Kier molecular flexibility index (Phi) is 2.37. The molecule has 2 heterocycles. The fourth-order valence-corrected chi connectivity index (χ4v) is 2.41. The highest BCUT2D eigenvalue weighted by molar-refractivity contribution is 6.30. The number of nitrogens with two attached hydrogens (primary N) is 1. The number of aromatic nitrogens is 2. The SMILES string of the molecule is NCCc1cccn2c(Cl)c(C3CC3)nc12. The number of hydrogen-bond acceptors (Lipinski definition) is 2. The van der Waals surface area contributed by atoms with Crippen molar-refractivity contribution in [2.24, 2.45) is 5.73 Å². The highest BCUT2D eigenvalue weighted by atomic mass is 35.5. The molecule has 1 aliphatic carbocycles. The van der Waals surface area contributed by atoms with E-state index in [1.54, 1.807) is 0 Å². The molecule has 1 aliphatic rings. The van der Waals surface area contributed by atoms with Crippen LogP contribution in [0.25, 0.3) is 5.65 Å². The minimum Gasteiger partial charge on any atom is -0.330 e. The normalized spacial score (nSPS) is 15.9. The number of imidazole rings is 1. The maximum atomic E-state index is 6.33. The first-order chi connectivity index (χ1) is 7.81.